The largest absolute Gasteiger partial charge is 0.358 e. The minimum Gasteiger partial charge on any atom is -0.358 e. The number of pyridine rings is 1. The second-order valence-corrected chi connectivity index (χ2v) is 5.24. The molecular formula is C14H16N4O3. The highest BCUT2D eigenvalue weighted by atomic mass is 16.6. The van der Waals surface area contributed by atoms with Crippen molar-refractivity contribution in [3.63, 3.8) is 0 Å². The van der Waals surface area contributed by atoms with E-state index in [0.717, 1.165) is 32.1 Å². The van der Waals surface area contributed by atoms with Crippen LogP contribution in [0.4, 0.5) is 5.82 Å². The lowest BCUT2D eigenvalue weighted by molar-refractivity contribution is -0.391. The van der Waals surface area contributed by atoms with Crippen LogP contribution in [-0.4, -0.2) is 38.1 Å². The van der Waals surface area contributed by atoms with Crippen molar-refractivity contribution in [2.45, 2.75) is 31.8 Å². The van der Waals surface area contributed by atoms with Gasteiger partial charge in [-0.25, -0.2) is 4.98 Å². The van der Waals surface area contributed by atoms with Crippen LogP contribution in [0, 0.1) is 10.1 Å². The van der Waals surface area contributed by atoms with Crippen LogP contribution in [0.3, 0.4) is 0 Å². The number of piperidine rings is 1. The molecule has 1 atom stereocenters. The molecule has 110 valence electrons. The van der Waals surface area contributed by atoms with Gasteiger partial charge in [0.1, 0.15) is 6.29 Å². The van der Waals surface area contributed by atoms with Gasteiger partial charge in [-0.15, -0.1) is 0 Å². The molecule has 2 aromatic rings. The summed E-state index contributed by atoms with van der Waals surface area (Å²) >= 11 is 0. The summed E-state index contributed by atoms with van der Waals surface area (Å²) in [7, 11) is 0. The normalized spacial score (nSPS) is 19.7. The van der Waals surface area contributed by atoms with Crippen molar-refractivity contribution >= 4 is 17.8 Å². The highest BCUT2D eigenvalue weighted by Gasteiger charge is 2.28. The van der Waals surface area contributed by atoms with Gasteiger partial charge in [-0.3, -0.25) is 4.90 Å². The number of rotatable bonds is 4. The Hall–Kier alpha value is -2.28. The van der Waals surface area contributed by atoms with Gasteiger partial charge < -0.3 is 14.9 Å². The number of fused-ring (bicyclic) bond motifs is 1. The van der Waals surface area contributed by atoms with Crippen molar-refractivity contribution in [3.8, 4) is 0 Å². The third-order valence-corrected chi connectivity index (χ3v) is 3.92. The summed E-state index contributed by atoms with van der Waals surface area (Å²) in [6, 6.07) is 5.11. The number of imidazole rings is 1. The van der Waals surface area contributed by atoms with E-state index in [1.165, 1.54) is 4.40 Å². The maximum absolute atomic E-state index is 11.3. The second kappa shape index (κ2) is 5.61. The minimum absolute atomic E-state index is 0.0131. The molecule has 1 fully saturated rings. The highest BCUT2D eigenvalue weighted by Crippen LogP contribution is 2.25. The molecule has 0 N–H and O–H groups in total. The second-order valence-electron chi connectivity index (χ2n) is 5.24. The number of aromatic nitrogens is 2. The molecule has 3 rings (SSSR count). The van der Waals surface area contributed by atoms with E-state index in [2.05, 4.69) is 4.98 Å². The lowest BCUT2D eigenvalue weighted by Gasteiger charge is -2.31. The molecule has 2 aromatic heterocycles. The molecule has 0 radical (unpaired) electrons. The third kappa shape index (κ3) is 2.52. The SMILES string of the molecule is O=CC1CCCCN1Cc1nc2ccccn2c1[N+](=O)[O-]. The molecule has 0 spiro atoms. The topological polar surface area (TPSA) is 80.8 Å². The highest BCUT2D eigenvalue weighted by molar-refractivity contribution is 5.58. The van der Waals surface area contributed by atoms with Crippen LogP contribution >= 0.6 is 0 Å². The van der Waals surface area contributed by atoms with E-state index in [1.54, 1.807) is 24.4 Å². The van der Waals surface area contributed by atoms with Crippen molar-refractivity contribution in [2.24, 2.45) is 0 Å². The summed E-state index contributed by atoms with van der Waals surface area (Å²) in [5, 5.41) is 11.3. The Morgan fingerprint density at radius 1 is 1.43 bits per heavy atom. The minimum atomic E-state index is -0.408. The van der Waals surface area contributed by atoms with Gasteiger partial charge in [0, 0.05) is 6.07 Å². The molecule has 1 aliphatic rings. The zero-order valence-electron chi connectivity index (χ0n) is 11.5. The zero-order chi connectivity index (χ0) is 14.8. The molecular weight excluding hydrogens is 272 g/mol. The first-order valence-electron chi connectivity index (χ1n) is 7.00. The van der Waals surface area contributed by atoms with Gasteiger partial charge in [-0.2, -0.15) is 4.40 Å². The van der Waals surface area contributed by atoms with Crippen molar-refractivity contribution < 1.29 is 9.72 Å². The van der Waals surface area contributed by atoms with Crippen LogP contribution in [-0.2, 0) is 11.3 Å². The summed E-state index contributed by atoms with van der Waals surface area (Å²) in [5.41, 5.74) is 0.971. The van der Waals surface area contributed by atoms with Gasteiger partial charge in [0.05, 0.1) is 18.8 Å². The van der Waals surface area contributed by atoms with E-state index in [0.29, 0.717) is 17.9 Å². The molecule has 3 heterocycles. The predicted octanol–water partition coefficient (Wildman–Crippen LogP) is 1.80. The zero-order valence-corrected chi connectivity index (χ0v) is 11.5. The maximum Gasteiger partial charge on any atom is 0.352 e. The first kappa shape index (κ1) is 13.7. The van der Waals surface area contributed by atoms with Gasteiger partial charge >= 0.3 is 5.82 Å². The molecule has 1 unspecified atom stereocenters. The molecule has 1 saturated heterocycles. The molecule has 7 heteroatoms. The number of carbonyl (C=O) groups excluding carboxylic acids is 1. The molecule has 0 amide bonds. The molecule has 21 heavy (non-hydrogen) atoms. The fourth-order valence-electron chi connectivity index (χ4n) is 2.89. The van der Waals surface area contributed by atoms with Crippen molar-refractivity contribution in [2.75, 3.05) is 6.54 Å². The molecule has 0 bridgehead atoms. The fourth-order valence-corrected chi connectivity index (χ4v) is 2.89. The molecule has 0 saturated carbocycles. The van der Waals surface area contributed by atoms with E-state index in [1.807, 2.05) is 4.90 Å². The van der Waals surface area contributed by atoms with E-state index in [-0.39, 0.29) is 11.9 Å². The van der Waals surface area contributed by atoms with Gasteiger partial charge in [-0.1, -0.05) is 12.5 Å². The number of carbonyl (C=O) groups is 1. The average Bonchev–Trinajstić information content (AvgIpc) is 2.85. The number of aldehydes is 1. The smallest absolute Gasteiger partial charge is 0.352 e. The average molecular weight is 288 g/mol. The van der Waals surface area contributed by atoms with Crippen LogP contribution in [0.1, 0.15) is 25.0 Å². The summed E-state index contributed by atoms with van der Waals surface area (Å²) in [6.45, 7) is 1.11. The number of hydrogen-bond acceptors (Lipinski definition) is 5. The van der Waals surface area contributed by atoms with Crippen LogP contribution in [0.2, 0.25) is 0 Å². The van der Waals surface area contributed by atoms with Crippen molar-refractivity contribution in [3.05, 3.63) is 40.2 Å². The first-order valence-corrected chi connectivity index (χ1v) is 7.00. The van der Waals surface area contributed by atoms with Crippen LogP contribution in [0.25, 0.3) is 5.65 Å². The van der Waals surface area contributed by atoms with E-state index >= 15 is 0 Å². The summed E-state index contributed by atoms with van der Waals surface area (Å²) in [6.07, 6.45) is 5.40. The van der Waals surface area contributed by atoms with Crippen LogP contribution in [0.15, 0.2) is 24.4 Å². The summed E-state index contributed by atoms with van der Waals surface area (Å²) in [4.78, 5) is 28.4. The lowest BCUT2D eigenvalue weighted by atomic mass is 10.0. The third-order valence-electron chi connectivity index (χ3n) is 3.92. The van der Waals surface area contributed by atoms with Gasteiger partial charge in [0.2, 0.25) is 5.65 Å². The first-order chi connectivity index (χ1) is 10.2. The predicted molar refractivity (Wildman–Crippen MR) is 76.0 cm³/mol. The number of hydrogen-bond donors (Lipinski definition) is 0. The van der Waals surface area contributed by atoms with Crippen molar-refractivity contribution in [1.82, 2.24) is 14.3 Å². The number of nitrogens with zero attached hydrogens (tertiary/aromatic N) is 4. The van der Waals surface area contributed by atoms with E-state index in [9.17, 15) is 14.9 Å². The van der Waals surface area contributed by atoms with Gasteiger partial charge in [0.15, 0.2) is 5.69 Å². The summed E-state index contributed by atoms with van der Waals surface area (Å²) < 4.78 is 1.48. The number of nitro groups is 1. The monoisotopic (exact) mass is 288 g/mol. The van der Waals surface area contributed by atoms with Crippen molar-refractivity contribution in [1.29, 1.82) is 0 Å². The van der Waals surface area contributed by atoms with Crippen LogP contribution in [0.5, 0.6) is 0 Å². The standard InChI is InChI=1S/C14H16N4O3/c19-10-11-5-1-3-7-16(11)9-12-14(18(20)21)17-8-4-2-6-13(17)15-12/h2,4,6,8,10-11H,1,3,5,7,9H2. The Kier molecular flexibility index (Phi) is 3.66. The Morgan fingerprint density at radius 3 is 3.05 bits per heavy atom. The Bertz CT molecular complexity index is 682. The fraction of sp³-hybridized carbons (Fsp3) is 0.429. The van der Waals surface area contributed by atoms with E-state index in [4.69, 9.17) is 0 Å². The number of likely N-dealkylation sites (tertiary alicyclic amines) is 1. The van der Waals surface area contributed by atoms with Gasteiger partial charge in [-0.05, 0) is 30.4 Å². The summed E-state index contributed by atoms with van der Waals surface area (Å²) in [5.74, 6) is -0.0131. The Labute approximate surface area is 121 Å². The molecule has 7 nitrogen and oxygen atoms in total. The lowest BCUT2D eigenvalue weighted by Crippen LogP contribution is -2.40. The quantitative estimate of drug-likeness (QED) is 0.487. The van der Waals surface area contributed by atoms with Crippen LogP contribution < -0.4 is 0 Å². The van der Waals surface area contributed by atoms with Gasteiger partial charge in [0.25, 0.3) is 0 Å². The maximum atomic E-state index is 11.3. The Balaban J connectivity index is 1.97. The van der Waals surface area contributed by atoms with E-state index < -0.39 is 4.92 Å². The Morgan fingerprint density at radius 2 is 2.29 bits per heavy atom. The molecule has 0 aromatic carbocycles. The molecule has 1 aliphatic heterocycles. The molecule has 0 aliphatic carbocycles.